The minimum atomic E-state index is -0.734. The van der Waals surface area contributed by atoms with Crippen LogP contribution >= 0.6 is 0 Å². The molecule has 1 rings (SSSR count). The van der Waals surface area contributed by atoms with E-state index in [9.17, 15) is 9.59 Å². The van der Waals surface area contributed by atoms with E-state index in [1.54, 1.807) is 24.3 Å². The lowest BCUT2D eigenvalue weighted by molar-refractivity contribution is -0.119. The molecule has 0 saturated carbocycles. The second-order valence-electron chi connectivity index (χ2n) is 3.06. The lowest BCUT2D eigenvalue weighted by atomic mass is 10.2. The molecule has 0 aliphatic carbocycles. The summed E-state index contributed by atoms with van der Waals surface area (Å²) in [7, 11) is 0. The number of carbonyl (C=O) groups excluding carboxylic acids is 2. The molecular formula is C10H12N4O3. The lowest BCUT2D eigenvalue weighted by Crippen LogP contribution is -2.24. The summed E-state index contributed by atoms with van der Waals surface area (Å²) in [5.41, 5.74) is 12.6. The number of hydrazone groups is 1. The topological polar surface area (TPSA) is 120 Å². The standard InChI is InChI=1S/C10H12N4O3/c11-9(15)6-17-8-3-1-7(2-4-8)5-13-14-10(12)16/h1-5H,6H2,(H2,11,15)(H3,12,14,16)/b13-5+. The first-order valence-corrected chi connectivity index (χ1v) is 4.67. The van der Waals surface area contributed by atoms with Crippen LogP contribution in [0, 0.1) is 0 Å². The fraction of sp³-hybridized carbons (Fsp3) is 0.100. The van der Waals surface area contributed by atoms with Gasteiger partial charge in [-0.3, -0.25) is 4.79 Å². The van der Waals surface area contributed by atoms with E-state index >= 15 is 0 Å². The molecule has 1 aromatic carbocycles. The van der Waals surface area contributed by atoms with Crippen LogP contribution in [0.1, 0.15) is 5.56 Å². The number of amides is 3. The molecule has 0 fully saturated rings. The number of urea groups is 1. The van der Waals surface area contributed by atoms with Crippen molar-refractivity contribution in [2.75, 3.05) is 6.61 Å². The molecule has 0 aliphatic heterocycles. The zero-order chi connectivity index (χ0) is 12.7. The zero-order valence-corrected chi connectivity index (χ0v) is 8.92. The molecule has 90 valence electrons. The van der Waals surface area contributed by atoms with Gasteiger partial charge in [0.2, 0.25) is 0 Å². The number of hydrogen-bond acceptors (Lipinski definition) is 4. The van der Waals surface area contributed by atoms with Crippen molar-refractivity contribution in [3.05, 3.63) is 29.8 Å². The summed E-state index contributed by atoms with van der Waals surface area (Å²) in [4.78, 5) is 20.8. The van der Waals surface area contributed by atoms with Gasteiger partial charge >= 0.3 is 6.03 Å². The molecule has 7 nitrogen and oxygen atoms in total. The number of primary amides is 2. The molecule has 7 heteroatoms. The largest absolute Gasteiger partial charge is 0.484 e. The minimum absolute atomic E-state index is 0.170. The Morgan fingerprint density at radius 2 is 1.94 bits per heavy atom. The summed E-state index contributed by atoms with van der Waals surface area (Å²) in [6.07, 6.45) is 1.42. The van der Waals surface area contributed by atoms with Gasteiger partial charge in [-0.05, 0) is 29.8 Å². The molecule has 0 aliphatic rings. The molecule has 0 atom stereocenters. The Balaban J connectivity index is 2.52. The van der Waals surface area contributed by atoms with E-state index in [0.717, 1.165) is 5.56 Å². The van der Waals surface area contributed by atoms with Crippen LogP contribution in [0.2, 0.25) is 0 Å². The fourth-order valence-corrected chi connectivity index (χ4v) is 0.975. The third-order valence-electron chi connectivity index (χ3n) is 1.65. The third kappa shape index (κ3) is 5.17. The molecule has 3 amide bonds. The molecule has 0 unspecified atom stereocenters. The second kappa shape index (κ2) is 6.11. The summed E-state index contributed by atoms with van der Waals surface area (Å²) in [5, 5.41) is 3.58. The van der Waals surface area contributed by atoms with Crippen LogP contribution in [-0.2, 0) is 4.79 Å². The molecule has 0 saturated heterocycles. The lowest BCUT2D eigenvalue weighted by Gasteiger charge is -2.03. The van der Waals surface area contributed by atoms with Gasteiger partial charge < -0.3 is 16.2 Å². The van der Waals surface area contributed by atoms with E-state index in [1.807, 2.05) is 0 Å². The summed E-state index contributed by atoms with van der Waals surface area (Å²) >= 11 is 0. The molecule has 5 N–H and O–H groups in total. The highest BCUT2D eigenvalue weighted by atomic mass is 16.5. The first-order chi connectivity index (χ1) is 8.08. The Labute approximate surface area is 97.4 Å². The van der Waals surface area contributed by atoms with Crippen molar-refractivity contribution in [1.29, 1.82) is 0 Å². The number of hydrogen-bond donors (Lipinski definition) is 3. The Hall–Kier alpha value is -2.57. The normalized spacial score (nSPS) is 10.1. The highest BCUT2D eigenvalue weighted by molar-refractivity contribution is 5.81. The molecule has 1 aromatic rings. The number of ether oxygens (including phenoxy) is 1. The van der Waals surface area contributed by atoms with Crippen molar-refractivity contribution in [1.82, 2.24) is 5.43 Å². The van der Waals surface area contributed by atoms with E-state index in [0.29, 0.717) is 5.75 Å². The quantitative estimate of drug-likeness (QED) is 0.474. The molecule has 0 spiro atoms. The van der Waals surface area contributed by atoms with E-state index in [1.165, 1.54) is 6.21 Å². The fourth-order valence-electron chi connectivity index (χ4n) is 0.975. The molecule has 0 radical (unpaired) electrons. The van der Waals surface area contributed by atoms with Crippen molar-refractivity contribution in [3.8, 4) is 5.75 Å². The van der Waals surface area contributed by atoms with E-state index < -0.39 is 11.9 Å². The number of benzene rings is 1. The van der Waals surface area contributed by atoms with Crippen LogP contribution in [0.4, 0.5) is 4.79 Å². The average molecular weight is 236 g/mol. The second-order valence-corrected chi connectivity index (χ2v) is 3.06. The van der Waals surface area contributed by atoms with Crippen molar-refractivity contribution in [2.24, 2.45) is 16.6 Å². The van der Waals surface area contributed by atoms with Gasteiger partial charge in [-0.25, -0.2) is 10.2 Å². The average Bonchev–Trinajstić information content (AvgIpc) is 2.27. The Kier molecular flexibility index (Phi) is 4.49. The summed E-state index contributed by atoms with van der Waals surface area (Å²) in [6.45, 7) is -0.170. The van der Waals surface area contributed by atoms with Crippen molar-refractivity contribution >= 4 is 18.2 Å². The molecular weight excluding hydrogens is 224 g/mol. The van der Waals surface area contributed by atoms with Gasteiger partial charge in [0.15, 0.2) is 6.61 Å². The third-order valence-corrected chi connectivity index (χ3v) is 1.65. The number of nitrogens with zero attached hydrogens (tertiary/aromatic N) is 1. The first-order valence-electron chi connectivity index (χ1n) is 4.67. The number of nitrogens with two attached hydrogens (primary N) is 2. The molecule has 0 aromatic heterocycles. The van der Waals surface area contributed by atoms with Crippen LogP contribution < -0.4 is 21.6 Å². The Morgan fingerprint density at radius 3 is 2.47 bits per heavy atom. The number of nitrogens with one attached hydrogen (secondary N) is 1. The van der Waals surface area contributed by atoms with Gasteiger partial charge in [0.1, 0.15) is 5.75 Å². The molecule has 17 heavy (non-hydrogen) atoms. The van der Waals surface area contributed by atoms with Crippen molar-refractivity contribution < 1.29 is 14.3 Å². The first kappa shape index (κ1) is 12.5. The van der Waals surface area contributed by atoms with Crippen LogP contribution in [0.25, 0.3) is 0 Å². The maximum Gasteiger partial charge on any atom is 0.332 e. The van der Waals surface area contributed by atoms with E-state index in [-0.39, 0.29) is 6.61 Å². The summed E-state index contributed by atoms with van der Waals surface area (Å²) < 4.78 is 5.06. The van der Waals surface area contributed by atoms with Gasteiger partial charge in [0.05, 0.1) is 6.21 Å². The van der Waals surface area contributed by atoms with Gasteiger partial charge in [0.25, 0.3) is 5.91 Å². The van der Waals surface area contributed by atoms with Crippen LogP contribution in [0.3, 0.4) is 0 Å². The van der Waals surface area contributed by atoms with Crippen LogP contribution in [0.15, 0.2) is 29.4 Å². The molecule has 0 bridgehead atoms. The maximum atomic E-state index is 10.5. The van der Waals surface area contributed by atoms with Crippen molar-refractivity contribution in [3.63, 3.8) is 0 Å². The maximum absolute atomic E-state index is 10.5. The van der Waals surface area contributed by atoms with E-state index in [4.69, 9.17) is 16.2 Å². The minimum Gasteiger partial charge on any atom is -0.484 e. The van der Waals surface area contributed by atoms with Gasteiger partial charge in [-0.2, -0.15) is 5.10 Å². The summed E-state index contributed by atoms with van der Waals surface area (Å²) in [6, 6.07) is 5.95. The van der Waals surface area contributed by atoms with E-state index in [2.05, 4.69) is 10.5 Å². The smallest absolute Gasteiger partial charge is 0.332 e. The number of rotatable bonds is 5. The molecule has 0 heterocycles. The number of carbonyl (C=O) groups is 2. The highest BCUT2D eigenvalue weighted by Crippen LogP contribution is 2.10. The zero-order valence-electron chi connectivity index (χ0n) is 8.92. The van der Waals surface area contributed by atoms with Crippen LogP contribution in [0.5, 0.6) is 5.75 Å². The summed E-state index contributed by atoms with van der Waals surface area (Å²) in [5.74, 6) is -0.0230. The monoisotopic (exact) mass is 236 g/mol. The van der Waals surface area contributed by atoms with Gasteiger partial charge in [-0.1, -0.05) is 0 Å². The SMILES string of the molecule is NC(=O)COc1ccc(/C=N/NC(N)=O)cc1. The Bertz CT molecular complexity index is 428. The predicted molar refractivity (Wildman–Crippen MR) is 61.4 cm³/mol. The highest BCUT2D eigenvalue weighted by Gasteiger charge is 1.97. The predicted octanol–water partition coefficient (Wildman–Crippen LogP) is -0.447. The van der Waals surface area contributed by atoms with Gasteiger partial charge in [-0.15, -0.1) is 0 Å². The van der Waals surface area contributed by atoms with Gasteiger partial charge in [0, 0.05) is 0 Å². The Morgan fingerprint density at radius 1 is 1.29 bits per heavy atom. The van der Waals surface area contributed by atoms with Crippen molar-refractivity contribution in [2.45, 2.75) is 0 Å². The van der Waals surface area contributed by atoms with Crippen LogP contribution in [-0.4, -0.2) is 24.8 Å².